The average Bonchev–Trinajstić information content (AvgIpc) is 3.54. The number of fused-ring (bicyclic) bond motifs is 2. The molecule has 37 heavy (non-hydrogen) atoms. The molecule has 2 aliphatic rings. The van der Waals surface area contributed by atoms with Crippen LogP contribution in [0.1, 0.15) is 42.4 Å². The molecule has 0 radical (unpaired) electrons. The average molecular weight is 518 g/mol. The summed E-state index contributed by atoms with van der Waals surface area (Å²) in [5, 5.41) is 14.4. The predicted octanol–water partition coefficient (Wildman–Crippen LogP) is 4.65. The van der Waals surface area contributed by atoms with Crippen molar-refractivity contribution < 1.29 is 19.5 Å². The highest BCUT2D eigenvalue weighted by Gasteiger charge is 2.54. The Labute approximate surface area is 220 Å². The fourth-order valence-corrected chi connectivity index (χ4v) is 6.45. The minimum absolute atomic E-state index is 0.151. The van der Waals surface area contributed by atoms with Crippen molar-refractivity contribution in [2.45, 2.75) is 50.4 Å². The summed E-state index contributed by atoms with van der Waals surface area (Å²) < 4.78 is 0. The SMILES string of the molecule is CCN(Cc1ccsc1)C(=O)N1C2CC[C@@H]1[C@@H](C(=O)O)N(C(=O)C(c1ccccc1)c1ccccc1)C2. The van der Waals surface area contributed by atoms with Gasteiger partial charge in [-0.05, 0) is 53.3 Å². The molecule has 2 aliphatic heterocycles. The maximum Gasteiger partial charge on any atom is 0.328 e. The second-order valence-corrected chi connectivity index (χ2v) is 10.4. The van der Waals surface area contributed by atoms with E-state index in [1.165, 1.54) is 4.90 Å². The number of nitrogens with zero attached hydrogens (tertiary/aromatic N) is 3. The number of aliphatic carboxylic acids is 1. The number of likely N-dealkylation sites (tertiary alicyclic amines) is 1. The number of carboxylic acid groups (broad SMARTS) is 1. The summed E-state index contributed by atoms with van der Waals surface area (Å²) in [6.45, 7) is 3.16. The van der Waals surface area contributed by atoms with Gasteiger partial charge in [0, 0.05) is 19.6 Å². The van der Waals surface area contributed by atoms with Crippen LogP contribution in [0.4, 0.5) is 4.79 Å². The van der Waals surface area contributed by atoms with Crippen LogP contribution in [0.25, 0.3) is 0 Å². The third kappa shape index (κ3) is 4.85. The van der Waals surface area contributed by atoms with Crippen LogP contribution in [-0.4, -0.2) is 68.9 Å². The zero-order chi connectivity index (χ0) is 25.9. The van der Waals surface area contributed by atoms with Crippen molar-refractivity contribution in [3.8, 4) is 0 Å². The first-order valence-corrected chi connectivity index (χ1v) is 13.6. The summed E-state index contributed by atoms with van der Waals surface area (Å²) in [6, 6.07) is 19.0. The molecule has 3 heterocycles. The van der Waals surface area contributed by atoms with Gasteiger partial charge in [0.25, 0.3) is 0 Å². The monoisotopic (exact) mass is 517 g/mol. The topological polar surface area (TPSA) is 81.2 Å². The molecule has 8 heteroatoms. The molecule has 2 fully saturated rings. The van der Waals surface area contributed by atoms with Crippen LogP contribution >= 0.6 is 11.3 Å². The Kier molecular flexibility index (Phi) is 7.28. The van der Waals surface area contributed by atoms with E-state index < -0.39 is 24.0 Å². The zero-order valence-corrected chi connectivity index (χ0v) is 21.6. The van der Waals surface area contributed by atoms with E-state index in [2.05, 4.69) is 0 Å². The first-order valence-electron chi connectivity index (χ1n) is 12.7. The lowest BCUT2D eigenvalue weighted by Gasteiger charge is -2.47. The van der Waals surface area contributed by atoms with E-state index in [-0.39, 0.29) is 24.5 Å². The number of piperazine rings is 1. The molecule has 0 spiro atoms. The first kappa shape index (κ1) is 25.0. The largest absolute Gasteiger partial charge is 0.480 e. The molecule has 1 N–H and O–H groups in total. The predicted molar refractivity (Wildman–Crippen MR) is 142 cm³/mol. The molecule has 2 aromatic carbocycles. The fourth-order valence-electron chi connectivity index (χ4n) is 5.79. The number of hydrogen-bond acceptors (Lipinski definition) is 4. The molecule has 1 aromatic heterocycles. The van der Waals surface area contributed by atoms with Crippen LogP contribution in [0, 0.1) is 0 Å². The van der Waals surface area contributed by atoms with Gasteiger partial charge in [-0.25, -0.2) is 9.59 Å². The Balaban J connectivity index is 1.45. The molecule has 1 unspecified atom stereocenters. The van der Waals surface area contributed by atoms with Gasteiger partial charge in [-0.15, -0.1) is 0 Å². The smallest absolute Gasteiger partial charge is 0.328 e. The van der Waals surface area contributed by atoms with Crippen molar-refractivity contribution in [1.29, 1.82) is 0 Å². The summed E-state index contributed by atoms with van der Waals surface area (Å²) in [5.41, 5.74) is 2.70. The second kappa shape index (κ2) is 10.8. The number of urea groups is 1. The normalized spacial score (nSPS) is 20.8. The number of rotatable bonds is 7. The van der Waals surface area contributed by atoms with Gasteiger partial charge in [-0.3, -0.25) is 4.79 Å². The van der Waals surface area contributed by atoms with Crippen molar-refractivity contribution in [2.75, 3.05) is 13.1 Å². The highest BCUT2D eigenvalue weighted by Crippen LogP contribution is 2.38. The second-order valence-electron chi connectivity index (χ2n) is 9.66. The molecule has 192 valence electrons. The zero-order valence-electron chi connectivity index (χ0n) is 20.8. The van der Waals surface area contributed by atoms with Crippen molar-refractivity contribution in [3.63, 3.8) is 0 Å². The minimum atomic E-state index is -1.09. The van der Waals surface area contributed by atoms with Gasteiger partial charge in [0.05, 0.1) is 18.0 Å². The molecule has 0 aliphatic carbocycles. The third-order valence-corrected chi connectivity index (χ3v) is 8.26. The highest BCUT2D eigenvalue weighted by atomic mass is 32.1. The van der Waals surface area contributed by atoms with Crippen molar-refractivity contribution in [3.05, 3.63) is 94.2 Å². The van der Waals surface area contributed by atoms with E-state index in [1.807, 2.05) is 84.4 Å². The first-order chi connectivity index (χ1) is 18.0. The lowest BCUT2D eigenvalue weighted by Crippen LogP contribution is -2.66. The van der Waals surface area contributed by atoms with Crippen molar-refractivity contribution in [2.24, 2.45) is 0 Å². The Bertz CT molecular complexity index is 1200. The van der Waals surface area contributed by atoms with Crippen LogP contribution in [0.5, 0.6) is 0 Å². The Hall–Kier alpha value is -3.65. The summed E-state index contributed by atoms with van der Waals surface area (Å²) in [5.74, 6) is -1.92. The minimum Gasteiger partial charge on any atom is -0.480 e. The van der Waals surface area contributed by atoms with Crippen LogP contribution < -0.4 is 0 Å². The third-order valence-electron chi connectivity index (χ3n) is 7.53. The van der Waals surface area contributed by atoms with Crippen LogP contribution in [-0.2, 0) is 16.1 Å². The molecule has 7 nitrogen and oxygen atoms in total. The van der Waals surface area contributed by atoms with E-state index in [0.29, 0.717) is 25.9 Å². The van der Waals surface area contributed by atoms with E-state index in [4.69, 9.17) is 0 Å². The van der Waals surface area contributed by atoms with Gasteiger partial charge < -0.3 is 19.8 Å². The molecule has 3 aromatic rings. The fraction of sp³-hybridized carbons (Fsp3) is 0.345. The van der Waals surface area contributed by atoms with Crippen LogP contribution in [0.15, 0.2) is 77.5 Å². The lowest BCUT2D eigenvalue weighted by molar-refractivity contribution is -0.156. The Morgan fingerprint density at radius 2 is 1.65 bits per heavy atom. The summed E-state index contributed by atoms with van der Waals surface area (Å²) >= 11 is 1.59. The van der Waals surface area contributed by atoms with Gasteiger partial charge in [-0.1, -0.05) is 60.7 Å². The molecule has 2 saturated heterocycles. The maximum atomic E-state index is 14.2. The molecule has 0 saturated carbocycles. The number of amides is 3. The van der Waals surface area contributed by atoms with E-state index in [1.54, 1.807) is 21.1 Å². The van der Waals surface area contributed by atoms with Gasteiger partial charge in [0.15, 0.2) is 0 Å². The number of carbonyl (C=O) groups is 3. The van der Waals surface area contributed by atoms with Gasteiger partial charge in [0.2, 0.25) is 5.91 Å². The summed E-state index contributed by atoms with van der Waals surface area (Å²) in [6.07, 6.45) is 1.25. The Morgan fingerprint density at radius 1 is 1.00 bits per heavy atom. The molecular formula is C29H31N3O4S. The van der Waals surface area contributed by atoms with Crippen molar-refractivity contribution >= 4 is 29.2 Å². The quantitative estimate of drug-likeness (QED) is 0.495. The van der Waals surface area contributed by atoms with Gasteiger partial charge in [0.1, 0.15) is 6.04 Å². The highest BCUT2D eigenvalue weighted by molar-refractivity contribution is 7.07. The van der Waals surface area contributed by atoms with Crippen molar-refractivity contribution in [1.82, 2.24) is 14.7 Å². The van der Waals surface area contributed by atoms with Crippen LogP contribution in [0.2, 0.25) is 0 Å². The standard InChI is InChI=1S/C29H31N3O4S/c1-2-30(17-20-15-16-37-19-20)29(36)32-23-13-14-24(32)26(28(34)35)31(18-23)27(33)25(21-9-5-3-6-10-21)22-11-7-4-8-12-22/h3-12,15-16,19,23-26H,2,13-14,17-18H2,1H3,(H,34,35)/t23?,24-,26+/m1/s1. The van der Waals surface area contributed by atoms with Gasteiger partial charge >= 0.3 is 12.0 Å². The molecule has 2 bridgehead atoms. The molecular weight excluding hydrogens is 486 g/mol. The van der Waals surface area contributed by atoms with Gasteiger partial charge in [-0.2, -0.15) is 11.3 Å². The summed E-state index contributed by atoms with van der Waals surface area (Å²) in [4.78, 5) is 45.6. The number of thiophene rings is 1. The summed E-state index contributed by atoms with van der Waals surface area (Å²) in [7, 11) is 0. The maximum absolute atomic E-state index is 14.2. The van der Waals surface area contributed by atoms with E-state index >= 15 is 0 Å². The number of carbonyl (C=O) groups excluding carboxylic acids is 2. The number of benzene rings is 2. The van der Waals surface area contributed by atoms with E-state index in [9.17, 15) is 19.5 Å². The Morgan fingerprint density at radius 3 is 2.19 bits per heavy atom. The lowest BCUT2D eigenvalue weighted by atomic mass is 9.88. The molecule has 5 rings (SSSR count). The molecule has 3 atom stereocenters. The number of carboxylic acids is 1. The van der Waals surface area contributed by atoms with E-state index in [0.717, 1.165) is 16.7 Å². The molecule has 3 amide bonds. The van der Waals surface area contributed by atoms with Crippen LogP contribution in [0.3, 0.4) is 0 Å². The number of hydrogen-bond donors (Lipinski definition) is 1.